The predicted octanol–water partition coefficient (Wildman–Crippen LogP) is 1.40. The van der Waals surface area contributed by atoms with Crippen molar-refractivity contribution in [3.05, 3.63) is 35.9 Å². The fourth-order valence-corrected chi connectivity index (χ4v) is 2.68. The van der Waals surface area contributed by atoms with E-state index in [0.29, 0.717) is 12.6 Å². The normalized spacial score (nSPS) is 18.4. The van der Waals surface area contributed by atoms with Gasteiger partial charge in [-0.25, -0.2) is 0 Å². The molecule has 0 bridgehead atoms. The summed E-state index contributed by atoms with van der Waals surface area (Å²) in [4.78, 5) is 14.3. The zero-order valence-electron chi connectivity index (χ0n) is 12.9. The van der Waals surface area contributed by atoms with Crippen LogP contribution in [0.1, 0.15) is 25.3 Å². The summed E-state index contributed by atoms with van der Waals surface area (Å²) in [7, 11) is 0. The number of rotatable bonds is 6. The number of likely N-dealkylation sites (tertiary alicyclic amines) is 1. The standard InChI is InChI=1S/C17H27N3O/c1-14(13-18)17(21)19-16-8-11-20(12-9-16)10-7-15-5-3-2-4-6-15/h2-6,14,16H,7-13,18H2,1H3,(H,19,21). The lowest BCUT2D eigenvalue weighted by atomic mass is 10.0. The van der Waals surface area contributed by atoms with E-state index in [-0.39, 0.29) is 11.8 Å². The van der Waals surface area contributed by atoms with E-state index in [1.54, 1.807) is 0 Å². The average Bonchev–Trinajstić information content (AvgIpc) is 2.54. The molecule has 0 spiro atoms. The first-order valence-electron chi connectivity index (χ1n) is 7.95. The molecule has 1 amide bonds. The molecule has 1 aromatic rings. The van der Waals surface area contributed by atoms with Crippen molar-refractivity contribution >= 4 is 5.91 Å². The summed E-state index contributed by atoms with van der Waals surface area (Å²) in [5.74, 6) is 0.0151. The first kappa shape index (κ1) is 16.0. The van der Waals surface area contributed by atoms with Crippen LogP contribution in [0.3, 0.4) is 0 Å². The van der Waals surface area contributed by atoms with Crippen molar-refractivity contribution in [2.24, 2.45) is 11.7 Å². The molecule has 0 aromatic heterocycles. The summed E-state index contributed by atoms with van der Waals surface area (Å²) >= 11 is 0. The number of nitrogens with zero attached hydrogens (tertiary/aromatic N) is 1. The average molecular weight is 289 g/mol. The van der Waals surface area contributed by atoms with Gasteiger partial charge in [0, 0.05) is 38.1 Å². The Balaban J connectivity index is 1.67. The van der Waals surface area contributed by atoms with Gasteiger partial charge in [-0.2, -0.15) is 0 Å². The van der Waals surface area contributed by atoms with Crippen LogP contribution < -0.4 is 11.1 Å². The molecular weight excluding hydrogens is 262 g/mol. The molecule has 0 radical (unpaired) electrons. The molecule has 1 saturated heterocycles. The molecule has 4 heteroatoms. The second kappa shape index (κ2) is 8.15. The van der Waals surface area contributed by atoms with Crippen LogP contribution in [-0.4, -0.2) is 43.0 Å². The zero-order chi connectivity index (χ0) is 15.1. The van der Waals surface area contributed by atoms with Crippen molar-refractivity contribution in [1.82, 2.24) is 10.2 Å². The van der Waals surface area contributed by atoms with E-state index in [2.05, 4.69) is 40.5 Å². The van der Waals surface area contributed by atoms with Crippen molar-refractivity contribution in [3.8, 4) is 0 Å². The molecule has 0 saturated carbocycles. The number of nitrogens with one attached hydrogen (secondary N) is 1. The minimum atomic E-state index is -0.0823. The van der Waals surface area contributed by atoms with Gasteiger partial charge in [-0.15, -0.1) is 0 Å². The molecule has 21 heavy (non-hydrogen) atoms. The fraction of sp³-hybridized carbons (Fsp3) is 0.588. The summed E-state index contributed by atoms with van der Waals surface area (Å²) in [6, 6.07) is 10.9. The Kier molecular flexibility index (Phi) is 6.21. The lowest BCUT2D eigenvalue weighted by molar-refractivity contribution is -0.125. The monoisotopic (exact) mass is 289 g/mol. The maximum Gasteiger partial charge on any atom is 0.224 e. The maximum absolute atomic E-state index is 11.8. The third-order valence-electron chi connectivity index (χ3n) is 4.29. The fourth-order valence-electron chi connectivity index (χ4n) is 2.68. The van der Waals surface area contributed by atoms with Crippen molar-refractivity contribution < 1.29 is 4.79 Å². The van der Waals surface area contributed by atoms with E-state index >= 15 is 0 Å². The lowest BCUT2D eigenvalue weighted by Crippen LogP contribution is -2.47. The highest BCUT2D eigenvalue weighted by Gasteiger charge is 2.22. The van der Waals surface area contributed by atoms with Gasteiger partial charge in [0.05, 0.1) is 0 Å². The molecule has 1 unspecified atom stereocenters. The largest absolute Gasteiger partial charge is 0.353 e. The molecular formula is C17H27N3O. The zero-order valence-corrected chi connectivity index (χ0v) is 12.9. The molecule has 1 aromatic carbocycles. The lowest BCUT2D eigenvalue weighted by Gasteiger charge is -2.32. The molecule has 116 valence electrons. The van der Waals surface area contributed by atoms with E-state index < -0.39 is 0 Å². The SMILES string of the molecule is CC(CN)C(=O)NC1CCN(CCc2ccccc2)CC1. The van der Waals surface area contributed by atoms with E-state index in [9.17, 15) is 4.79 Å². The van der Waals surface area contributed by atoms with E-state index in [1.165, 1.54) is 5.56 Å². The molecule has 2 rings (SSSR count). The molecule has 1 heterocycles. The molecule has 1 fully saturated rings. The summed E-state index contributed by atoms with van der Waals surface area (Å²) in [6.07, 6.45) is 3.18. The van der Waals surface area contributed by atoms with Gasteiger partial charge in [0.2, 0.25) is 5.91 Å². The minimum absolute atomic E-state index is 0.0823. The van der Waals surface area contributed by atoms with E-state index in [0.717, 1.165) is 38.9 Å². The highest BCUT2D eigenvalue weighted by Crippen LogP contribution is 2.12. The Bertz CT molecular complexity index is 427. The van der Waals surface area contributed by atoms with Gasteiger partial charge in [-0.05, 0) is 24.8 Å². The topological polar surface area (TPSA) is 58.4 Å². The Hall–Kier alpha value is -1.39. The summed E-state index contributed by atoms with van der Waals surface area (Å²) in [5.41, 5.74) is 6.92. The van der Waals surface area contributed by atoms with Gasteiger partial charge in [-0.3, -0.25) is 4.79 Å². The molecule has 1 atom stereocenters. The van der Waals surface area contributed by atoms with Crippen molar-refractivity contribution in [3.63, 3.8) is 0 Å². The third kappa shape index (κ3) is 5.14. The molecule has 1 aliphatic rings. The minimum Gasteiger partial charge on any atom is -0.353 e. The number of benzene rings is 1. The van der Waals surface area contributed by atoms with Crippen LogP contribution in [0.2, 0.25) is 0 Å². The smallest absolute Gasteiger partial charge is 0.224 e. The van der Waals surface area contributed by atoms with Gasteiger partial charge >= 0.3 is 0 Å². The molecule has 3 N–H and O–H groups in total. The van der Waals surface area contributed by atoms with E-state index in [1.807, 2.05) is 6.92 Å². The Morgan fingerprint density at radius 2 is 2.00 bits per heavy atom. The molecule has 0 aliphatic carbocycles. The second-order valence-corrected chi connectivity index (χ2v) is 6.00. The van der Waals surface area contributed by atoms with E-state index in [4.69, 9.17) is 5.73 Å². The number of hydrogen-bond acceptors (Lipinski definition) is 3. The van der Waals surface area contributed by atoms with Crippen LogP contribution in [-0.2, 0) is 11.2 Å². The first-order valence-corrected chi connectivity index (χ1v) is 7.95. The molecule has 4 nitrogen and oxygen atoms in total. The van der Waals surface area contributed by atoms with Gasteiger partial charge in [0.1, 0.15) is 0 Å². The van der Waals surface area contributed by atoms with Crippen molar-refractivity contribution in [2.75, 3.05) is 26.2 Å². The van der Waals surface area contributed by atoms with Gasteiger partial charge in [0.15, 0.2) is 0 Å². The van der Waals surface area contributed by atoms with Crippen molar-refractivity contribution in [1.29, 1.82) is 0 Å². The van der Waals surface area contributed by atoms with Crippen LogP contribution >= 0.6 is 0 Å². The highest BCUT2D eigenvalue weighted by atomic mass is 16.1. The van der Waals surface area contributed by atoms with Crippen LogP contribution in [0.15, 0.2) is 30.3 Å². The highest BCUT2D eigenvalue weighted by molar-refractivity contribution is 5.78. The number of hydrogen-bond donors (Lipinski definition) is 2. The summed E-state index contributed by atoms with van der Waals surface area (Å²) in [6.45, 7) is 5.53. The Morgan fingerprint density at radius 1 is 1.33 bits per heavy atom. The van der Waals surface area contributed by atoms with Crippen LogP contribution in [0.25, 0.3) is 0 Å². The predicted molar refractivity (Wildman–Crippen MR) is 86.0 cm³/mol. The maximum atomic E-state index is 11.8. The Morgan fingerprint density at radius 3 is 2.62 bits per heavy atom. The van der Waals surface area contributed by atoms with Gasteiger partial charge < -0.3 is 16.0 Å². The number of carbonyl (C=O) groups is 1. The Labute approximate surface area is 127 Å². The first-order chi connectivity index (χ1) is 10.2. The summed E-state index contributed by atoms with van der Waals surface area (Å²) < 4.78 is 0. The van der Waals surface area contributed by atoms with Crippen LogP contribution in [0, 0.1) is 5.92 Å². The third-order valence-corrected chi connectivity index (χ3v) is 4.29. The summed E-state index contributed by atoms with van der Waals surface area (Å²) in [5, 5.41) is 3.12. The number of carbonyl (C=O) groups excluding carboxylic acids is 1. The number of nitrogens with two attached hydrogens (primary N) is 1. The van der Waals surface area contributed by atoms with Crippen LogP contribution in [0.4, 0.5) is 0 Å². The second-order valence-electron chi connectivity index (χ2n) is 6.00. The molecule has 1 aliphatic heterocycles. The van der Waals surface area contributed by atoms with Crippen molar-refractivity contribution in [2.45, 2.75) is 32.2 Å². The quantitative estimate of drug-likeness (QED) is 0.832. The van der Waals surface area contributed by atoms with Gasteiger partial charge in [-0.1, -0.05) is 37.3 Å². The number of amides is 1. The van der Waals surface area contributed by atoms with Gasteiger partial charge in [0.25, 0.3) is 0 Å². The number of piperidine rings is 1. The van der Waals surface area contributed by atoms with Crippen LogP contribution in [0.5, 0.6) is 0 Å².